The molecule has 2 aromatic rings. The first-order chi connectivity index (χ1) is 9.20. The summed E-state index contributed by atoms with van der Waals surface area (Å²) in [6.45, 7) is 2.97. The normalized spacial score (nSPS) is 10.7. The Morgan fingerprint density at radius 1 is 1.32 bits per heavy atom. The Labute approximate surface area is 130 Å². The molecule has 0 unspecified atom stereocenters. The van der Waals surface area contributed by atoms with Crippen LogP contribution in [-0.4, -0.2) is 16.5 Å². The maximum atomic E-state index is 6.11. The Balaban J connectivity index is 1.97. The minimum atomic E-state index is 0.554. The number of aromatic nitrogens is 2. The quantitative estimate of drug-likeness (QED) is 0.767. The van der Waals surface area contributed by atoms with Crippen molar-refractivity contribution in [2.75, 3.05) is 11.9 Å². The van der Waals surface area contributed by atoms with Gasteiger partial charge in [-0.15, -0.1) is 11.3 Å². The molecule has 0 aliphatic heterocycles. The van der Waals surface area contributed by atoms with Crippen LogP contribution in [0.5, 0.6) is 0 Å². The number of hydrogen-bond acceptors (Lipinski definition) is 4. The van der Waals surface area contributed by atoms with E-state index in [9.17, 15) is 0 Å². The van der Waals surface area contributed by atoms with E-state index in [1.807, 2.05) is 0 Å². The zero-order valence-corrected chi connectivity index (χ0v) is 13.8. The SMILES string of the molecule is CCCc1c(Cl)ncnc1NCCc1ccc(Br)s1. The van der Waals surface area contributed by atoms with Crippen molar-refractivity contribution in [2.45, 2.75) is 26.2 Å². The molecule has 0 saturated carbocycles. The molecule has 6 heteroatoms. The zero-order valence-electron chi connectivity index (χ0n) is 10.6. The highest BCUT2D eigenvalue weighted by molar-refractivity contribution is 9.11. The Morgan fingerprint density at radius 2 is 2.16 bits per heavy atom. The van der Waals surface area contributed by atoms with Crippen molar-refractivity contribution in [3.63, 3.8) is 0 Å². The lowest BCUT2D eigenvalue weighted by atomic mass is 10.2. The lowest BCUT2D eigenvalue weighted by Gasteiger charge is -2.10. The average molecular weight is 361 g/mol. The van der Waals surface area contributed by atoms with E-state index in [4.69, 9.17) is 11.6 Å². The number of nitrogens with one attached hydrogen (secondary N) is 1. The topological polar surface area (TPSA) is 37.8 Å². The van der Waals surface area contributed by atoms with Crippen LogP contribution in [-0.2, 0) is 12.8 Å². The van der Waals surface area contributed by atoms with E-state index in [2.05, 4.69) is 50.3 Å². The first kappa shape index (κ1) is 14.8. The Bertz CT molecular complexity index is 544. The monoisotopic (exact) mass is 359 g/mol. The molecule has 19 heavy (non-hydrogen) atoms. The fourth-order valence-corrected chi connectivity index (χ4v) is 3.52. The van der Waals surface area contributed by atoms with Gasteiger partial charge in [0, 0.05) is 17.0 Å². The van der Waals surface area contributed by atoms with Gasteiger partial charge in [0.1, 0.15) is 17.3 Å². The smallest absolute Gasteiger partial charge is 0.137 e. The number of hydrogen-bond donors (Lipinski definition) is 1. The van der Waals surface area contributed by atoms with Crippen molar-refractivity contribution in [1.29, 1.82) is 0 Å². The molecule has 1 N–H and O–H groups in total. The average Bonchev–Trinajstić information content (AvgIpc) is 2.79. The molecular formula is C13H15BrClN3S. The highest BCUT2D eigenvalue weighted by atomic mass is 79.9. The number of nitrogens with zero attached hydrogens (tertiary/aromatic N) is 2. The molecular weight excluding hydrogens is 346 g/mol. The van der Waals surface area contributed by atoms with Crippen LogP contribution < -0.4 is 5.32 Å². The molecule has 0 bridgehead atoms. The largest absolute Gasteiger partial charge is 0.369 e. The molecule has 102 valence electrons. The Morgan fingerprint density at radius 3 is 2.84 bits per heavy atom. The highest BCUT2D eigenvalue weighted by Gasteiger charge is 2.08. The summed E-state index contributed by atoms with van der Waals surface area (Å²) in [4.78, 5) is 9.66. The van der Waals surface area contributed by atoms with E-state index in [1.165, 1.54) is 15.0 Å². The van der Waals surface area contributed by atoms with Gasteiger partial charge in [0.2, 0.25) is 0 Å². The fourth-order valence-electron chi connectivity index (χ4n) is 1.80. The summed E-state index contributed by atoms with van der Waals surface area (Å²) in [6.07, 6.45) is 4.40. The zero-order chi connectivity index (χ0) is 13.7. The summed E-state index contributed by atoms with van der Waals surface area (Å²) in [5, 5.41) is 3.91. The van der Waals surface area contributed by atoms with Crippen LogP contribution in [0.2, 0.25) is 5.15 Å². The van der Waals surface area contributed by atoms with Crippen LogP contribution in [0.1, 0.15) is 23.8 Å². The molecule has 0 aliphatic carbocycles. The van der Waals surface area contributed by atoms with Gasteiger partial charge in [0.25, 0.3) is 0 Å². The maximum absolute atomic E-state index is 6.11. The van der Waals surface area contributed by atoms with Gasteiger partial charge in [-0.05, 0) is 40.9 Å². The molecule has 2 rings (SSSR count). The van der Waals surface area contributed by atoms with E-state index in [-0.39, 0.29) is 0 Å². The standard InChI is InChI=1S/C13H15BrClN3S/c1-2-3-10-12(15)17-8-18-13(10)16-7-6-9-4-5-11(14)19-9/h4-5,8H,2-3,6-7H2,1H3,(H,16,17,18). The molecule has 2 aromatic heterocycles. The number of thiophene rings is 1. The minimum absolute atomic E-state index is 0.554. The van der Waals surface area contributed by atoms with Gasteiger partial charge >= 0.3 is 0 Å². The molecule has 0 spiro atoms. The second-order valence-electron chi connectivity index (χ2n) is 4.12. The third-order valence-electron chi connectivity index (χ3n) is 2.69. The van der Waals surface area contributed by atoms with Gasteiger partial charge in [0.05, 0.1) is 3.79 Å². The van der Waals surface area contributed by atoms with E-state index in [0.29, 0.717) is 5.15 Å². The molecule has 0 amide bonds. The fraction of sp³-hybridized carbons (Fsp3) is 0.385. The van der Waals surface area contributed by atoms with Crippen LogP contribution in [0, 0.1) is 0 Å². The van der Waals surface area contributed by atoms with Crippen LogP contribution >= 0.6 is 38.9 Å². The molecule has 0 atom stereocenters. The Kier molecular flexibility index (Phi) is 5.60. The maximum Gasteiger partial charge on any atom is 0.137 e. The molecule has 3 nitrogen and oxygen atoms in total. The predicted molar refractivity (Wildman–Crippen MR) is 85.2 cm³/mol. The van der Waals surface area contributed by atoms with E-state index in [1.54, 1.807) is 11.3 Å². The van der Waals surface area contributed by atoms with Crippen molar-refractivity contribution in [2.24, 2.45) is 0 Å². The van der Waals surface area contributed by atoms with Gasteiger partial charge in [-0.1, -0.05) is 24.9 Å². The molecule has 0 saturated heterocycles. The summed E-state index contributed by atoms with van der Waals surface area (Å²) < 4.78 is 1.17. The van der Waals surface area contributed by atoms with Crippen molar-refractivity contribution in [3.05, 3.63) is 37.8 Å². The lowest BCUT2D eigenvalue weighted by Crippen LogP contribution is -2.09. The number of rotatable bonds is 6. The second-order valence-corrected chi connectivity index (χ2v) is 7.03. The first-order valence-electron chi connectivity index (χ1n) is 6.18. The van der Waals surface area contributed by atoms with Crippen molar-refractivity contribution in [3.8, 4) is 0 Å². The summed E-state index contributed by atoms with van der Waals surface area (Å²) in [5.74, 6) is 0.859. The molecule has 0 radical (unpaired) electrons. The van der Waals surface area contributed by atoms with Gasteiger partial charge in [-0.3, -0.25) is 0 Å². The molecule has 0 aliphatic rings. The minimum Gasteiger partial charge on any atom is -0.369 e. The first-order valence-corrected chi connectivity index (χ1v) is 8.17. The number of halogens is 2. The predicted octanol–water partition coefficient (Wildman–Crippen LogP) is 4.56. The van der Waals surface area contributed by atoms with Gasteiger partial charge in [0.15, 0.2) is 0 Å². The van der Waals surface area contributed by atoms with Crippen LogP contribution in [0.15, 0.2) is 22.2 Å². The summed E-state index contributed by atoms with van der Waals surface area (Å²) >= 11 is 11.3. The highest BCUT2D eigenvalue weighted by Crippen LogP contribution is 2.24. The molecule has 0 aromatic carbocycles. The van der Waals surface area contributed by atoms with E-state index in [0.717, 1.165) is 37.2 Å². The van der Waals surface area contributed by atoms with E-state index < -0.39 is 0 Å². The van der Waals surface area contributed by atoms with Gasteiger partial charge in [-0.25, -0.2) is 9.97 Å². The molecule has 0 fully saturated rings. The molecule has 2 heterocycles. The van der Waals surface area contributed by atoms with E-state index >= 15 is 0 Å². The van der Waals surface area contributed by atoms with Crippen LogP contribution in [0.25, 0.3) is 0 Å². The summed E-state index contributed by atoms with van der Waals surface area (Å²) in [7, 11) is 0. The van der Waals surface area contributed by atoms with Gasteiger partial charge < -0.3 is 5.32 Å². The van der Waals surface area contributed by atoms with Crippen LogP contribution in [0.3, 0.4) is 0 Å². The number of anilines is 1. The van der Waals surface area contributed by atoms with Crippen molar-refractivity contribution >= 4 is 44.7 Å². The van der Waals surface area contributed by atoms with Gasteiger partial charge in [-0.2, -0.15) is 0 Å². The second kappa shape index (κ2) is 7.22. The third kappa shape index (κ3) is 4.16. The Hall–Kier alpha value is -0.650. The van der Waals surface area contributed by atoms with Crippen molar-refractivity contribution < 1.29 is 0 Å². The van der Waals surface area contributed by atoms with Crippen molar-refractivity contribution in [1.82, 2.24) is 9.97 Å². The lowest BCUT2D eigenvalue weighted by molar-refractivity contribution is 0.894. The summed E-state index contributed by atoms with van der Waals surface area (Å²) in [5.41, 5.74) is 1.01. The van der Waals surface area contributed by atoms with Crippen LogP contribution in [0.4, 0.5) is 5.82 Å². The third-order valence-corrected chi connectivity index (χ3v) is 4.69. The summed E-state index contributed by atoms with van der Waals surface area (Å²) in [6, 6.07) is 4.21.